The summed E-state index contributed by atoms with van der Waals surface area (Å²) in [5, 5.41) is 11.4. The highest BCUT2D eigenvalue weighted by Gasteiger charge is 2.20. The molecule has 1 aliphatic carbocycles. The Hall–Kier alpha value is -0.770. The molecule has 4 heteroatoms. The first kappa shape index (κ1) is 10.3. The van der Waals surface area contributed by atoms with E-state index in [4.69, 9.17) is 10.9 Å². The number of nitrogens with two attached hydrogens (primary N) is 1. The van der Waals surface area contributed by atoms with Gasteiger partial charge >= 0.3 is 0 Å². The lowest BCUT2D eigenvalue weighted by atomic mass is 9.85. The molecule has 4 nitrogen and oxygen atoms in total. The van der Waals surface area contributed by atoms with Gasteiger partial charge < -0.3 is 10.9 Å². The zero-order valence-corrected chi connectivity index (χ0v) is 8.24. The van der Waals surface area contributed by atoms with E-state index in [1.165, 1.54) is 19.3 Å². The second-order valence-corrected chi connectivity index (χ2v) is 3.72. The molecule has 0 aliphatic heterocycles. The van der Waals surface area contributed by atoms with Crippen LogP contribution in [0.15, 0.2) is 5.16 Å². The predicted octanol–water partition coefficient (Wildman–Crippen LogP) is 0.855. The maximum atomic E-state index is 8.42. The van der Waals surface area contributed by atoms with E-state index in [-0.39, 0.29) is 0 Å². The van der Waals surface area contributed by atoms with Crippen molar-refractivity contribution in [1.29, 1.82) is 0 Å². The molecule has 1 fully saturated rings. The van der Waals surface area contributed by atoms with Crippen molar-refractivity contribution in [2.24, 2.45) is 16.8 Å². The Kier molecular flexibility index (Phi) is 4.02. The van der Waals surface area contributed by atoms with Gasteiger partial charge in [-0.25, -0.2) is 0 Å². The summed E-state index contributed by atoms with van der Waals surface area (Å²) < 4.78 is 0. The summed E-state index contributed by atoms with van der Waals surface area (Å²) in [5.74, 6) is 1.15. The van der Waals surface area contributed by atoms with Gasteiger partial charge in [0, 0.05) is 6.54 Å². The summed E-state index contributed by atoms with van der Waals surface area (Å²) in [4.78, 5) is 2.22. The molecule has 3 N–H and O–H groups in total. The van der Waals surface area contributed by atoms with Gasteiger partial charge in [0.1, 0.15) is 0 Å². The Morgan fingerprint density at radius 3 is 2.69 bits per heavy atom. The fourth-order valence-corrected chi connectivity index (χ4v) is 1.61. The first-order valence-electron chi connectivity index (χ1n) is 4.95. The fraction of sp³-hybridized carbons (Fsp3) is 0.889. The highest BCUT2D eigenvalue weighted by molar-refractivity contribution is 5.81. The van der Waals surface area contributed by atoms with Crippen molar-refractivity contribution in [3.05, 3.63) is 0 Å². The number of rotatable bonds is 5. The molecular weight excluding hydrogens is 166 g/mol. The van der Waals surface area contributed by atoms with Gasteiger partial charge in [0.15, 0.2) is 5.84 Å². The van der Waals surface area contributed by atoms with Crippen molar-refractivity contribution in [2.75, 3.05) is 19.6 Å². The van der Waals surface area contributed by atoms with E-state index < -0.39 is 0 Å². The zero-order valence-electron chi connectivity index (χ0n) is 8.24. The van der Waals surface area contributed by atoms with Crippen LogP contribution in [0.4, 0.5) is 0 Å². The van der Waals surface area contributed by atoms with E-state index in [0.29, 0.717) is 12.4 Å². The largest absolute Gasteiger partial charge is 0.409 e. The fourth-order valence-electron chi connectivity index (χ4n) is 1.61. The molecular formula is C9H19N3O. The van der Waals surface area contributed by atoms with Crippen LogP contribution in [0, 0.1) is 5.92 Å². The molecule has 0 bridgehead atoms. The number of oxime groups is 1. The van der Waals surface area contributed by atoms with Gasteiger partial charge in [-0.2, -0.15) is 0 Å². The molecule has 1 rings (SSSR count). The molecule has 0 heterocycles. The number of nitrogens with zero attached hydrogens (tertiary/aromatic N) is 2. The summed E-state index contributed by atoms with van der Waals surface area (Å²) in [7, 11) is 0. The average Bonchev–Trinajstić information content (AvgIpc) is 2.08. The van der Waals surface area contributed by atoms with Crippen LogP contribution in [0.2, 0.25) is 0 Å². The lowest BCUT2D eigenvalue weighted by molar-refractivity contribution is 0.199. The van der Waals surface area contributed by atoms with Crippen LogP contribution in [0.25, 0.3) is 0 Å². The summed E-state index contributed by atoms with van der Waals surface area (Å²) in [6.07, 6.45) is 4.05. The second kappa shape index (κ2) is 5.07. The first-order valence-corrected chi connectivity index (χ1v) is 4.95. The highest BCUT2D eigenvalue weighted by atomic mass is 16.4. The monoisotopic (exact) mass is 185 g/mol. The third kappa shape index (κ3) is 3.22. The van der Waals surface area contributed by atoms with Crippen LogP contribution in [-0.2, 0) is 0 Å². The molecule has 13 heavy (non-hydrogen) atoms. The second-order valence-electron chi connectivity index (χ2n) is 3.72. The highest BCUT2D eigenvalue weighted by Crippen LogP contribution is 2.26. The Bertz CT molecular complexity index is 178. The molecule has 0 aromatic heterocycles. The minimum Gasteiger partial charge on any atom is -0.409 e. The topological polar surface area (TPSA) is 61.8 Å². The number of hydrogen-bond acceptors (Lipinski definition) is 3. The van der Waals surface area contributed by atoms with Gasteiger partial charge in [-0.1, -0.05) is 18.5 Å². The van der Waals surface area contributed by atoms with Crippen molar-refractivity contribution in [2.45, 2.75) is 26.2 Å². The third-order valence-electron chi connectivity index (χ3n) is 2.70. The van der Waals surface area contributed by atoms with Gasteiger partial charge in [-0.15, -0.1) is 0 Å². The zero-order chi connectivity index (χ0) is 9.68. The molecule has 0 amide bonds. The summed E-state index contributed by atoms with van der Waals surface area (Å²) in [6.45, 7) is 4.74. The maximum Gasteiger partial charge on any atom is 0.153 e. The van der Waals surface area contributed by atoms with E-state index in [2.05, 4.69) is 17.0 Å². The van der Waals surface area contributed by atoms with Crippen molar-refractivity contribution >= 4 is 5.84 Å². The molecule has 0 atom stereocenters. The molecule has 76 valence electrons. The van der Waals surface area contributed by atoms with E-state index in [1.54, 1.807) is 0 Å². The number of likely N-dealkylation sites (N-methyl/N-ethyl adjacent to an activating group) is 1. The third-order valence-corrected chi connectivity index (χ3v) is 2.70. The first-order chi connectivity index (χ1) is 6.26. The SMILES string of the molecule is CCN(CC(N)=NO)CC1CCC1. The lowest BCUT2D eigenvalue weighted by Gasteiger charge is -2.31. The Balaban J connectivity index is 2.24. The number of amidine groups is 1. The summed E-state index contributed by atoms with van der Waals surface area (Å²) in [6, 6.07) is 0. The summed E-state index contributed by atoms with van der Waals surface area (Å²) in [5.41, 5.74) is 5.44. The van der Waals surface area contributed by atoms with Crippen molar-refractivity contribution in [3.8, 4) is 0 Å². The lowest BCUT2D eigenvalue weighted by Crippen LogP contribution is -2.38. The van der Waals surface area contributed by atoms with Crippen molar-refractivity contribution in [3.63, 3.8) is 0 Å². The van der Waals surface area contributed by atoms with Gasteiger partial charge in [0.2, 0.25) is 0 Å². The molecule has 0 aromatic rings. The van der Waals surface area contributed by atoms with E-state index in [9.17, 15) is 0 Å². The molecule has 0 unspecified atom stereocenters. The quantitative estimate of drug-likeness (QED) is 0.289. The van der Waals surface area contributed by atoms with Crippen LogP contribution in [0.1, 0.15) is 26.2 Å². The Labute approximate surface area is 79.4 Å². The molecule has 1 aliphatic rings. The molecule has 0 radical (unpaired) electrons. The van der Waals surface area contributed by atoms with Gasteiger partial charge in [-0.05, 0) is 25.3 Å². The minimum atomic E-state index is 0.307. The Morgan fingerprint density at radius 2 is 2.31 bits per heavy atom. The van der Waals surface area contributed by atoms with Gasteiger partial charge in [0.05, 0.1) is 6.54 Å². The summed E-state index contributed by atoms with van der Waals surface area (Å²) >= 11 is 0. The van der Waals surface area contributed by atoms with Gasteiger partial charge in [-0.3, -0.25) is 4.90 Å². The van der Waals surface area contributed by atoms with Crippen LogP contribution >= 0.6 is 0 Å². The molecule has 0 aromatic carbocycles. The average molecular weight is 185 g/mol. The van der Waals surface area contributed by atoms with Crippen molar-refractivity contribution in [1.82, 2.24) is 4.90 Å². The smallest absolute Gasteiger partial charge is 0.153 e. The van der Waals surface area contributed by atoms with Crippen LogP contribution < -0.4 is 5.73 Å². The molecule has 0 saturated heterocycles. The number of hydrogen-bond donors (Lipinski definition) is 2. The maximum absolute atomic E-state index is 8.42. The van der Waals surface area contributed by atoms with Crippen molar-refractivity contribution < 1.29 is 5.21 Å². The van der Waals surface area contributed by atoms with Crippen LogP contribution in [0.5, 0.6) is 0 Å². The standard InChI is InChI=1S/C9H19N3O/c1-2-12(7-9(10)11-13)6-8-4-3-5-8/h8,13H,2-7H2,1H3,(H2,10,11). The van der Waals surface area contributed by atoms with E-state index in [1.807, 2.05) is 0 Å². The van der Waals surface area contributed by atoms with Crippen LogP contribution in [0.3, 0.4) is 0 Å². The van der Waals surface area contributed by atoms with Gasteiger partial charge in [0.25, 0.3) is 0 Å². The Morgan fingerprint density at radius 1 is 1.62 bits per heavy atom. The predicted molar refractivity (Wildman–Crippen MR) is 52.9 cm³/mol. The normalized spacial score (nSPS) is 19.1. The van der Waals surface area contributed by atoms with E-state index in [0.717, 1.165) is 19.0 Å². The van der Waals surface area contributed by atoms with E-state index >= 15 is 0 Å². The van der Waals surface area contributed by atoms with Crippen LogP contribution in [-0.4, -0.2) is 35.6 Å². The minimum absolute atomic E-state index is 0.307. The molecule has 1 saturated carbocycles. The molecule has 0 spiro atoms.